The molecule has 0 aliphatic carbocycles. The van der Waals surface area contributed by atoms with Gasteiger partial charge in [0.25, 0.3) is 0 Å². The van der Waals surface area contributed by atoms with Crippen molar-refractivity contribution in [1.29, 1.82) is 0 Å². The molecule has 0 saturated carbocycles. The van der Waals surface area contributed by atoms with Crippen LogP contribution in [0.5, 0.6) is 11.5 Å². The van der Waals surface area contributed by atoms with Crippen molar-refractivity contribution in [3.05, 3.63) is 59.3 Å². The van der Waals surface area contributed by atoms with Crippen molar-refractivity contribution in [2.45, 2.75) is 18.9 Å². The Morgan fingerprint density at radius 1 is 1.19 bits per heavy atom. The third-order valence-corrected chi connectivity index (χ3v) is 5.27. The molecule has 2 heterocycles. The minimum Gasteiger partial charge on any atom is -0.493 e. The Morgan fingerprint density at radius 3 is 2.73 bits per heavy atom. The molecule has 0 bridgehead atoms. The zero-order valence-electron chi connectivity index (χ0n) is 15.0. The molecule has 3 aromatic rings. The maximum absolute atomic E-state index is 11.7. The SMILES string of the molecule is COc1cc2c(cc1OC)C(Cc1c[nH]c3ccccc13)N(C=O)CC2. The highest BCUT2D eigenvalue weighted by atomic mass is 16.5. The quantitative estimate of drug-likeness (QED) is 0.717. The second-order valence-electron chi connectivity index (χ2n) is 6.58. The van der Waals surface area contributed by atoms with Crippen LogP contribution < -0.4 is 9.47 Å². The van der Waals surface area contributed by atoms with Crippen LogP contribution in [0.15, 0.2) is 42.6 Å². The van der Waals surface area contributed by atoms with Crippen molar-refractivity contribution in [1.82, 2.24) is 9.88 Å². The van der Waals surface area contributed by atoms with E-state index in [9.17, 15) is 4.79 Å². The summed E-state index contributed by atoms with van der Waals surface area (Å²) in [7, 11) is 3.29. The first-order chi connectivity index (χ1) is 12.7. The highest BCUT2D eigenvalue weighted by molar-refractivity contribution is 5.83. The summed E-state index contributed by atoms with van der Waals surface area (Å²) in [5, 5.41) is 1.20. The Morgan fingerprint density at radius 2 is 1.96 bits per heavy atom. The summed E-state index contributed by atoms with van der Waals surface area (Å²) in [6.07, 6.45) is 4.58. The van der Waals surface area contributed by atoms with E-state index in [1.54, 1.807) is 14.2 Å². The molecule has 1 amide bonds. The number of carbonyl (C=O) groups is 1. The minimum absolute atomic E-state index is 0.0183. The van der Waals surface area contributed by atoms with Gasteiger partial charge in [0, 0.05) is 23.6 Å². The molecular weight excluding hydrogens is 328 g/mol. The van der Waals surface area contributed by atoms with E-state index in [4.69, 9.17) is 9.47 Å². The van der Waals surface area contributed by atoms with E-state index in [2.05, 4.69) is 17.1 Å². The zero-order valence-corrected chi connectivity index (χ0v) is 15.0. The number of hydrogen-bond acceptors (Lipinski definition) is 3. The van der Waals surface area contributed by atoms with Gasteiger partial charge in [0.05, 0.1) is 20.3 Å². The number of methoxy groups -OCH3 is 2. The smallest absolute Gasteiger partial charge is 0.210 e. The average molecular weight is 350 g/mol. The first-order valence-electron chi connectivity index (χ1n) is 8.76. The highest BCUT2D eigenvalue weighted by Crippen LogP contribution is 2.39. The highest BCUT2D eigenvalue weighted by Gasteiger charge is 2.29. The number of amides is 1. The number of rotatable bonds is 5. The molecule has 0 saturated heterocycles. The van der Waals surface area contributed by atoms with Crippen molar-refractivity contribution in [3.8, 4) is 11.5 Å². The van der Waals surface area contributed by atoms with Gasteiger partial charge in [-0.15, -0.1) is 0 Å². The molecule has 1 N–H and O–H groups in total. The van der Waals surface area contributed by atoms with E-state index in [1.807, 2.05) is 35.4 Å². The number of para-hydroxylation sites is 1. The van der Waals surface area contributed by atoms with Crippen LogP contribution in [-0.4, -0.2) is 37.1 Å². The fourth-order valence-electron chi connectivity index (χ4n) is 3.91. The first-order valence-corrected chi connectivity index (χ1v) is 8.76. The van der Waals surface area contributed by atoms with Crippen LogP contribution in [0.2, 0.25) is 0 Å². The van der Waals surface area contributed by atoms with E-state index in [0.29, 0.717) is 12.3 Å². The normalized spacial score (nSPS) is 16.4. The summed E-state index contributed by atoms with van der Waals surface area (Å²) in [4.78, 5) is 16.9. The van der Waals surface area contributed by atoms with Crippen LogP contribution in [0, 0.1) is 0 Å². The molecule has 5 heteroatoms. The van der Waals surface area contributed by atoms with E-state index >= 15 is 0 Å². The predicted molar refractivity (Wildman–Crippen MR) is 101 cm³/mol. The van der Waals surface area contributed by atoms with Crippen molar-refractivity contribution in [3.63, 3.8) is 0 Å². The third kappa shape index (κ3) is 2.69. The van der Waals surface area contributed by atoms with Gasteiger partial charge in [0.1, 0.15) is 0 Å². The van der Waals surface area contributed by atoms with Gasteiger partial charge < -0.3 is 19.4 Å². The fourth-order valence-corrected chi connectivity index (χ4v) is 3.91. The van der Waals surface area contributed by atoms with Crippen molar-refractivity contribution >= 4 is 17.3 Å². The molecule has 1 atom stereocenters. The van der Waals surface area contributed by atoms with Crippen molar-refractivity contribution < 1.29 is 14.3 Å². The monoisotopic (exact) mass is 350 g/mol. The van der Waals surface area contributed by atoms with Gasteiger partial charge in [-0.05, 0) is 47.7 Å². The lowest BCUT2D eigenvalue weighted by atomic mass is 9.88. The number of fused-ring (bicyclic) bond motifs is 2. The molecule has 1 aliphatic heterocycles. The summed E-state index contributed by atoms with van der Waals surface area (Å²) in [6.45, 7) is 0.707. The second kappa shape index (κ2) is 6.75. The number of H-pyrrole nitrogens is 1. The molecular formula is C21H22N2O3. The molecule has 4 rings (SSSR count). The number of carbonyl (C=O) groups excluding carboxylic acids is 1. The Labute approximate surface area is 152 Å². The number of benzene rings is 2. The maximum atomic E-state index is 11.7. The first kappa shape index (κ1) is 16.5. The van der Waals surface area contributed by atoms with Crippen LogP contribution in [-0.2, 0) is 17.6 Å². The van der Waals surface area contributed by atoms with Crippen LogP contribution in [0.4, 0.5) is 0 Å². The summed E-state index contributed by atoms with van der Waals surface area (Å²) in [5.41, 5.74) is 4.67. The average Bonchev–Trinajstić information content (AvgIpc) is 3.10. The lowest BCUT2D eigenvalue weighted by molar-refractivity contribution is -0.120. The number of hydrogen-bond donors (Lipinski definition) is 1. The lowest BCUT2D eigenvalue weighted by Crippen LogP contribution is -2.35. The van der Waals surface area contributed by atoms with Gasteiger partial charge in [0.15, 0.2) is 11.5 Å². The number of aromatic amines is 1. The predicted octanol–water partition coefficient (Wildman–Crippen LogP) is 3.48. The number of aromatic nitrogens is 1. The fraction of sp³-hybridized carbons (Fsp3) is 0.286. The third-order valence-electron chi connectivity index (χ3n) is 5.27. The van der Waals surface area contributed by atoms with Gasteiger partial charge in [-0.3, -0.25) is 4.79 Å². The topological polar surface area (TPSA) is 54.6 Å². The summed E-state index contributed by atoms with van der Waals surface area (Å²) >= 11 is 0. The molecule has 1 unspecified atom stereocenters. The minimum atomic E-state index is -0.0183. The molecule has 5 nitrogen and oxygen atoms in total. The summed E-state index contributed by atoms with van der Waals surface area (Å²) < 4.78 is 10.9. The molecule has 1 aliphatic rings. The van der Waals surface area contributed by atoms with Crippen molar-refractivity contribution in [2.24, 2.45) is 0 Å². The molecule has 2 aromatic carbocycles. The van der Waals surface area contributed by atoms with Gasteiger partial charge in [-0.2, -0.15) is 0 Å². The van der Waals surface area contributed by atoms with E-state index in [0.717, 1.165) is 36.1 Å². The molecule has 134 valence electrons. The van der Waals surface area contributed by atoms with Crippen LogP contribution >= 0.6 is 0 Å². The molecule has 26 heavy (non-hydrogen) atoms. The molecule has 1 aromatic heterocycles. The van der Waals surface area contributed by atoms with Crippen LogP contribution in [0.3, 0.4) is 0 Å². The molecule has 0 spiro atoms. The maximum Gasteiger partial charge on any atom is 0.210 e. The van der Waals surface area contributed by atoms with Gasteiger partial charge in [-0.25, -0.2) is 0 Å². The number of nitrogens with zero attached hydrogens (tertiary/aromatic N) is 1. The van der Waals surface area contributed by atoms with E-state index in [1.165, 1.54) is 16.5 Å². The zero-order chi connectivity index (χ0) is 18.1. The Hall–Kier alpha value is -2.95. The van der Waals surface area contributed by atoms with Gasteiger partial charge >= 0.3 is 0 Å². The van der Waals surface area contributed by atoms with Gasteiger partial charge in [0.2, 0.25) is 6.41 Å². The Balaban J connectivity index is 1.78. The summed E-state index contributed by atoms with van der Waals surface area (Å²) in [5.74, 6) is 1.43. The van der Waals surface area contributed by atoms with Crippen molar-refractivity contribution in [2.75, 3.05) is 20.8 Å². The Kier molecular flexibility index (Phi) is 4.29. The number of ether oxygens (including phenoxy) is 2. The second-order valence-corrected chi connectivity index (χ2v) is 6.58. The standard InChI is InChI=1S/C21H22N2O3/c1-25-20-10-14-7-8-23(13-24)19(17(14)11-21(20)26-2)9-15-12-22-18-6-4-3-5-16(15)18/h3-6,10-13,19,22H,7-9H2,1-2H3. The van der Waals surface area contributed by atoms with Gasteiger partial charge in [-0.1, -0.05) is 18.2 Å². The largest absolute Gasteiger partial charge is 0.493 e. The van der Waals surface area contributed by atoms with E-state index in [-0.39, 0.29) is 6.04 Å². The lowest BCUT2D eigenvalue weighted by Gasteiger charge is -2.35. The van der Waals surface area contributed by atoms with E-state index < -0.39 is 0 Å². The number of nitrogens with one attached hydrogen (secondary N) is 1. The Bertz CT molecular complexity index is 948. The molecule has 0 radical (unpaired) electrons. The summed E-state index contributed by atoms with van der Waals surface area (Å²) in [6, 6.07) is 12.3. The molecule has 0 fully saturated rings. The van der Waals surface area contributed by atoms with Crippen LogP contribution in [0.25, 0.3) is 10.9 Å². The van der Waals surface area contributed by atoms with Crippen LogP contribution in [0.1, 0.15) is 22.7 Å².